The predicted molar refractivity (Wildman–Crippen MR) is 129 cm³/mol. The number of hydrogen-bond acceptors (Lipinski definition) is 4. The van der Waals surface area contributed by atoms with Crippen LogP contribution in [0.3, 0.4) is 0 Å². The lowest BCUT2D eigenvalue weighted by atomic mass is 9.86. The fraction of sp³-hybridized carbons (Fsp3) is 0.357. The number of benzene rings is 3. The van der Waals surface area contributed by atoms with E-state index in [1.807, 2.05) is 50.2 Å². The monoisotopic (exact) mass is 431 g/mol. The Kier molecular flexibility index (Phi) is 7.59. The van der Waals surface area contributed by atoms with Gasteiger partial charge < -0.3 is 14.6 Å². The lowest BCUT2D eigenvalue weighted by molar-refractivity contribution is -0.0520. The van der Waals surface area contributed by atoms with Crippen molar-refractivity contribution in [2.75, 3.05) is 26.3 Å². The van der Waals surface area contributed by atoms with Crippen LogP contribution in [0.2, 0.25) is 0 Å². The molecule has 4 rings (SSSR count). The highest BCUT2D eigenvalue weighted by Gasteiger charge is 2.31. The summed E-state index contributed by atoms with van der Waals surface area (Å²) in [5, 5.41) is 10.5. The molecule has 0 bridgehead atoms. The van der Waals surface area contributed by atoms with Gasteiger partial charge in [0.25, 0.3) is 0 Å². The Labute approximate surface area is 191 Å². The first-order valence-corrected chi connectivity index (χ1v) is 11.5. The smallest absolute Gasteiger partial charge is 0.127 e. The van der Waals surface area contributed by atoms with Crippen LogP contribution < -0.4 is 4.74 Å². The molecule has 3 aromatic rings. The van der Waals surface area contributed by atoms with Crippen LogP contribution in [0, 0.1) is 0 Å². The number of para-hydroxylation sites is 1. The van der Waals surface area contributed by atoms with E-state index >= 15 is 0 Å². The summed E-state index contributed by atoms with van der Waals surface area (Å²) >= 11 is 0. The molecule has 0 radical (unpaired) electrons. The molecule has 0 amide bonds. The van der Waals surface area contributed by atoms with Gasteiger partial charge >= 0.3 is 0 Å². The van der Waals surface area contributed by atoms with Gasteiger partial charge in [0.15, 0.2) is 0 Å². The molecular weight excluding hydrogens is 398 g/mol. The van der Waals surface area contributed by atoms with Crippen molar-refractivity contribution in [1.29, 1.82) is 0 Å². The molecule has 1 fully saturated rings. The molecule has 1 aliphatic heterocycles. The van der Waals surface area contributed by atoms with E-state index in [2.05, 4.69) is 47.4 Å². The number of rotatable bonds is 8. The van der Waals surface area contributed by atoms with Gasteiger partial charge in [0.1, 0.15) is 5.75 Å². The van der Waals surface area contributed by atoms with Gasteiger partial charge in [-0.05, 0) is 36.6 Å². The van der Waals surface area contributed by atoms with Crippen LogP contribution in [0.25, 0.3) is 11.1 Å². The van der Waals surface area contributed by atoms with Crippen LogP contribution in [-0.2, 0) is 11.3 Å². The summed E-state index contributed by atoms with van der Waals surface area (Å²) in [6, 6.07) is 27.0. The number of aliphatic hydroxyl groups is 1. The fourth-order valence-corrected chi connectivity index (χ4v) is 4.49. The van der Waals surface area contributed by atoms with Gasteiger partial charge in [-0.2, -0.15) is 0 Å². The van der Waals surface area contributed by atoms with E-state index in [-0.39, 0.29) is 24.7 Å². The summed E-state index contributed by atoms with van der Waals surface area (Å²) in [6.07, 6.45) is 0.0157. The molecule has 4 heteroatoms. The van der Waals surface area contributed by atoms with Gasteiger partial charge in [0.05, 0.1) is 25.4 Å². The molecule has 0 saturated carbocycles. The van der Waals surface area contributed by atoms with Crippen molar-refractivity contribution in [2.24, 2.45) is 0 Å². The van der Waals surface area contributed by atoms with Gasteiger partial charge in [0.2, 0.25) is 0 Å². The third-order valence-corrected chi connectivity index (χ3v) is 5.97. The largest absolute Gasteiger partial charge is 0.490 e. The molecule has 2 unspecified atom stereocenters. The quantitative estimate of drug-likeness (QED) is 0.538. The van der Waals surface area contributed by atoms with Crippen LogP contribution in [0.1, 0.15) is 30.9 Å². The van der Waals surface area contributed by atoms with E-state index in [9.17, 15) is 5.11 Å². The maximum Gasteiger partial charge on any atom is 0.127 e. The minimum atomic E-state index is -0.114. The maximum atomic E-state index is 10.5. The van der Waals surface area contributed by atoms with E-state index in [1.165, 1.54) is 5.56 Å². The highest BCUT2D eigenvalue weighted by Crippen LogP contribution is 2.38. The Morgan fingerprint density at radius 3 is 2.38 bits per heavy atom. The van der Waals surface area contributed by atoms with E-state index in [0.29, 0.717) is 6.61 Å². The van der Waals surface area contributed by atoms with Crippen LogP contribution >= 0.6 is 0 Å². The van der Waals surface area contributed by atoms with Gasteiger partial charge in [-0.15, -0.1) is 0 Å². The average Bonchev–Trinajstić information content (AvgIpc) is 2.81. The lowest BCUT2D eigenvalue weighted by Gasteiger charge is -2.37. The minimum Gasteiger partial charge on any atom is -0.490 e. The highest BCUT2D eigenvalue weighted by molar-refractivity contribution is 5.74. The minimum absolute atomic E-state index is 0.0358. The Morgan fingerprint density at radius 1 is 0.938 bits per heavy atom. The van der Waals surface area contributed by atoms with Crippen LogP contribution in [0.5, 0.6) is 5.75 Å². The van der Waals surface area contributed by atoms with Crippen molar-refractivity contribution >= 4 is 0 Å². The first kappa shape index (κ1) is 22.5. The highest BCUT2D eigenvalue weighted by atomic mass is 16.5. The molecule has 168 valence electrons. The van der Waals surface area contributed by atoms with Crippen molar-refractivity contribution in [1.82, 2.24) is 4.90 Å². The molecule has 2 atom stereocenters. The van der Waals surface area contributed by atoms with Crippen LogP contribution in [-0.4, -0.2) is 48.5 Å². The van der Waals surface area contributed by atoms with Gasteiger partial charge in [-0.1, -0.05) is 72.8 Å². The molecule has 0 aromatic heterocycles. The number of morpholine rings is 1. The maximum absolute atomic E-state index is 10.5. The van der Waals surface area contributed by atoms with Gasteiger partial charge in [0, 0.05) is 31.1 Å². The zero-order valence-electron chi connectivity index (χ0n) is 19.0. The summed E-state index contributed by atoms with van der Waals surface area (Å²) in [5.41, 5.74) is 4.54. The predicted octanol–water partition coefficient (Wildman–Crippen LogP) is 5.12. The SMILES string of the molecule is CC(C)Oc1ccccc1-c1ccccc1C(CO)C1CN(Cc2ccccc2)CCO1. The summed E-state index contributed by atoms with van der Waals surface area (Å²) < 4.78 is 12.3. The van der Waals surface area contributed by atoms with Crippen LogP contribution in [0.4, 0.5) is 0 Å². The van der Waals surface area contributed by atoms with Crippen molar-refractivity contribution in [2.45, 2.75) is 38.5 Å². The average molecular weight is 432 g/mol. The zero-order valence-corrected chi connectivity index (χ0v) is 19.0. The second-order valence-electron chi connectivity index (χ2n) is 8.67. The van der Waals surface area contributed by atoms with Gasteiger partial charge in [-0.3, -0.25) is 4.90 Å². The summed E-state index contributed by atoms with van der Waals surface area (Å²) in [4.78, 5) is 2.42. The summed E-state index contributed by atoms with van der Waals surface area (Å²) in [5.74, 6) is 0.749. The molecule has 1 aliphatic rings. The van der Waals surface area contributed by atoms with Crippen molar-refractivity contribution in [3.63, 3.8) is 0 Å². The first-order chi connectivity index (χ1) is 15.7. The second-order valence-corrected chi connectivity index (χ2v) is 8.67. The Morgan fingerprint density at radius 2 is 1.62 bits per heavy atom. The van der Waals surface area contributed by atoms with E-state index < -0.39 is 0 Å². The molecule has 4 nitrogen and oxygen atoms in total. The van der Waals surface area contributed by atoms with Crippen LogP contribution in [0.15, 0.2) is 78.9 Å². The standard InChI is InChI=1S/C28H33NO3/c1-21(2)32-27-15-9-8-14-25(27)23-12-6-7-13-24(23)26(20-30)28-19-29(16-17-31-28)18-22-10-4-3-5-11-22/h3-15,21,26,28,30H,16-20H2,1-2H3. The molecule has 0 aliphatic carbocycles. The van der Waals surface area contributed by atoms with E-state index in [4.69, 9.17) is 9.47 Å². The fourth-order valence-electron chi connectivity index (χ4n) is 4.49. The lowest BCUT2D eigenvalue weighted by Crippen LogP contribution is -2.45. The van der Waals surface area contributed by atoms with E-state index in [0.717, 1.165) is 42.1 Å². The summed E-state index contributed by atoms with van der Waals surface area (Å²) in [7, 11) is 0. The molecular formula is C28H33NO3. The topological polar surface area (TPSA) is 41.9 Å². The molecule has 0 spiro atoms. The third kappa shape index (κ3) is 5.39. The first-order valence-electron chi connectivity index (χ1n) is 11.5. The Balaban J connectivity index is 1.60. The Hall–Kier alpha value is -2.66. The third-order valence-electron chi connectivity index (χ3n) is 5.97. The molecule has 3 aromatic carbocycles. The van der Waals surface area contributed by atoms with Gasteiger partial charge in [-0.25, -0.2) is 0 Å². The number of ether oxygens (including phenoxy) is 2. The van der Waals surface area contributed by atoms with Crippen molar-refractivity contribution in [3.8, 4) is 16.9 Å². The number of nitrogens with zero attached hydrogens (tertiary/aromatic N) is 1. The van der Waals surface area contributed by atoms with Crippen molar-refractivity contribution in [3.05, 3.63) is 90.0 Å². The zero-order chi connectivity index (χ0) is 22.3. The molecule has 32 heavy (non-hydrogen) atoms. The number of hydrogen-bond donors (Lipinski definition) is 1. The normalized spacial score (nSPS) is 17.9. The Bertz CT molecular complexity index is 989. The molecule has 1 heterocycles. The van der Waals surface area contributed by atoms with E-state index in [1.54, 1.807) is 0 Å². The second kappa shape index (κ2) is 10.8. The number of aliphatic hydroxyl groups excluding tert-OH is 1. The van der Waals surface area contributed by atoms with Crippen molar-refractivity contribution < 1.29 is 14.6 Å². The molecule has 1 saturated heterocycles. The summed E-state index contributed by atoms with van der Waals surface area (Å²) in [6.45, 7) is 7.37. The molecule has 1 N–H and O–H groups in total.